The molecule has 7 heteroatoms. The molecule has 0 radical (unpaired) electrons. The van der Waals surface area contributed by atoms with Crippen molar-refractivity contribution in [1.82, 2.24) is 15.3 Å². The number of aryl methyl sites for hydroxylation is 1. The number of amides is 1. The highest BCUT2D eigenvalue weighted by molar-refractivity contribution is 5.67. The van der Waals surface area contributed by atoms with E-state index in [0.29, 0.717) is 23.8 Å². The van der Waals surface area contributed by atoms with Crippen LogP contribution >= 0.6 is 0 Å². The topological polar surface area (TPSA) is 79.4 Å². The van der Waals surface area contributed by atoms with E-state index in [4.69, 9.17) is 4.74 Å². The van der Waals surface area contributed by atoms with Crippen LogP contribution in [0.3, 0.4) is 0 Å². The van der Waals surface area contributed by atoms with Gasteiger partial charge in [-0.25, -0.2) is 14.8 Å². The smallest absolute Gasteiger partial charge is 0.407 e. The van der Waals surface area contributed by atoms with Crippen LogP contribution in [0, 0.1) is 24.7 Å². The molecule has 2 N–H and O–H groups in total. The molecule has 1 unspecified atom stereocenters. The van der Waals surface area contributed by atoms with Crippen LogP contribution in [0.15, 0.2) is 6.07 Å². The van der Waals surface area contributed by atoms with Crippen molar-refractivity contribution >= 4 is 17.7 Å². The van der Waals surface area contributed by atoms with Crippen molar-refractivity contribution in [3.63, 3.8) is 0 Å². The molecule has 1 aromatic rings. The van der Waals surface area contributed by atoms with E-state index >= 15 is 0 Å². The number of carbonyl (C=O) groups is 1. The molecule has 2 aliphatic carbocycles. The van der Waals surface area contributed by atoms with E-state index in [9.17, 15) is 4.79 Å². The zero-order valence-electron chi connectivity index (χ0n) is 20.1. The number of anilines is 2. The summed E-state index contributed by atoms with van der Waals surface area (Å²) < 4.78 is 5.92. The van der Waals surface area contributed by atoms with Crippen molar-refractivity contribution in [3.05, 3.63) is 11.9 Å². The molecule has 1 amide bonds. The second kappa shape index (κ2) is 10.5. The maximum Gasteiger partial charge on any atom is 0.407 e. The van der Waals surface area contributed by atoms with Gasteiger partial charge in [0.25, 0.3) is 0 Å². The fraction of sp³-hybridized carbons (Fsp3) is 0.792. The highest BCUT2D eigenvalue weighted by Gasteiger charge is 2.34. The number of nitrogens with one attached hydrogen (secondary N) is 2. The van der Waals surface area contributed by atoms with Gasteiger partial charge in [-0.2, -0.15) is 0 Å². The largest absolute Gasteiger partial charge is 0.446 e. The number of hydrogen-bond acceptors (Lipinski definition) is 6. The van der Waals surface area contributed by atoms with Gasteiger partial charge in [-0.1, -0.05) is 27.2 Å². The minimum absolute atomic E-state index is 0.0497. The van der Waals surface area contributed by atoms with E-state index in [0.717, 1.165) is 56.0 Å². The third-order valence-corrected chi connectivity index (χ3v) is 6.90. The Labute approximate surface area is 187 Å². The highest BCUT2D eigenvalue weighted by Crippen LogP contribution is 2.35. The maximum absolute atomic E-state index is 12.6. The summed E-state index contributed by atoms with van der Waals surface area (Å²) in [6.45, 7) is 8.66. The first kappa shape index (κ1) is 23.6. The van der Waals surface area contributed by atoms with Crippen molar-refractivity contribution in [2.45, 2.75) is 90.8 Å². The normalized spacial score (nSPS) is 28.8. The van der Waals surface area contributed by atoms with Crippen LogP contribution in [-0.4, -0.2) is 48.3 Å². The monoisotopic (exact) mass is 431 g/mol. The number of carbonyl (C=O) groups excluding carboxylic acids is 1. The van der Waals surface area contributed by atoms with Gasteiger partial charge in [0.1, 0.15) is 23.6 Å². The maximum atomic E-state index is 12.6. The quantitative estimate of drug-likeness (QED) is 0.676. The van der Waals surface area contributed by atoms with Crippen LogP contribution in [-0.2, 0) is 4.74 Å². The lowest BCUT2D eigenvalue weighted by atomic mass is 9.75. The molecule has 3 atom stereocenters. The summed E-state index contributed by atoms with van der Waals surface area (Å²) >= 11 is 0. The molecule has 3 rings (SSSR count). The number of ether oxygens (including phenoxy) is 1. The molecule has 7 nitrogen and oxygen atoms in total. The molecule has 31 heavy (non-hydrogen) atoms. The fourth-order valence-electron chi connectivity index (χ4n) is 5.03. The second-order valence-electron chi connectivity index (χ2n) is 10.2. The Morgan fingerprint density at radius 1 is 1.10 bits per heavy atom. The predicted molar refractivity (Wildman–Crippen MR) is 126 cm³/mol. The molecule has 0 aliphatic heterocycles. The summed E-state index contributed by atoms with van der Waals surface area (Å²) in [5.41, 5.74) is 0. The van der Waals surface area contributed by atoms with Crippen molar-refractivity contribution in [2.24, 2.45) is 17.8 Å². The van der Waals surface area contributed by atoms with Crippen LogP contribution in [0.4, 0.5) is 16.4 Å². The number of aromatic nitrogens is 2. The SMILES string of the molecule is Cc1nc(NC2CCC(NC(=O)OC3C[C@H](C)CC[C@H]3C(C)C)CC2)cc(N(C)C)n1. The summed E-state index contributed by atoms with van der Waals surface area (Å²) in [5.74, 6) is 4.20. The molecule has 1 heterocycles. The Bertz CT molecular complexity index is 731. The Balaban J connectivity index is 1.46. The van der Waals surface area contributed by atoms with E-state index in [1.54, 1.807) is 0 Å². The van der Waals surface area contributed by atoms with Gasteiger partial charge in [0.15, 0.2) is 0 Å². The van der Waals surface area contributed by atoms with Gasteiger partial charge in [0.05, 0.1) is 0 Å². The predicted octanol–water partition coefficient (Wildman–Crippen LogP) is 4.76. The average molecular weight is 432 g/mol. The van der Waals surface area contributed by atoms with Crippen LogP contribution in [0.25, 0.3) is 0 Å². The van der Waals surface area contributed by atoms with Crippen LogP contribution in [0.1, 0.15) is 71.5 Å². The summed E-state index contributed by atoms with van der Waals surface area (Å²) in [5, 5.41) is 6.69. The molecule has 2 aliphatic rings. The molecule has 0 bridgehead atoms. The molecule has 2 fully saturated rings. The Kier molecular flexibility index (Phi) is 8.00. The minimum atomic E-state index is -0.233. The molecule has 174 valence electrons. The zero-order chi connectivity index (χ0) is 22.5. The lowest BCUT2D eigenvalue weighted by molar-refractivity contribution is 0.00442. The minimum Gasteiger partial charge on any atom is -0.446 e. The van der Waals surface area contributed by atoms with Crippen molar-refractivity contribution in [2.75, 3.05) is 24.3 Å². The molecular formula is C24H41N5O2. The molecule has 1 aromatic heterocycles. The second-order valence-corrected chi connectivity index (χ2v) is 10.2. The summed E-state index contributed by atoms with van der Waals surface area (Å²) in [7, 11) is 3.97. The summed E-state index contributed by atoms with van der Waals surface area (Å²) in [6.07, 6.45) is 7.10. The zero-order valence-corrected chi connectivity index (χ0v) is 20.1. The Morgan fingerprint density at radius 2 is 1.77 bits per heavy atom. The van der Waals surface area contributed by atoms with E-state index in [2.05, 4.69) is 41.4 Å². The van der Waals surface area contributed by atoms with E-state index in [-0.39, 0.29) is 18.2 Å². The standard InChI is InChI=1S/C24H41N5O2/c1-15(2)20-12-7-16(3)13-21(20)31-24(30)28-19-10-8-18(9-11-19)27-22-14-23(29(5)6)26-17(4)25-22/h14-16,18-21H,7-13H2,1-6H3,(H,28,30)(H,25,26,27)/t16-,18?,19?,20+,21?/m1/s1. The highest BCUT2D eigenvalue weighted by atomic mass is 16.6. The first-order chi connectivity index (χ1) is 14.7. The van der Waals surface area contributed by atoms with Crippen LogP contribution in [0.2, 0.25) is 0 Å². The van der Waals surface area contributed by atoms with E-state index in [1.165, 1.54) is 6.42 Å². The number of hydrogen-bond donors (Lipinski definition) is 2. The van der Waals surface area contributed by atoms with Crippen molar-refractivity contribution in [3.8, 4) is 0 Å². The number of nitrogens with zero attached hydrogens (tertiary/aromatic N) is 3. The van der Waals surface area contributed by atoms with Gasteiger partial charge in [-0.3, -0.25) is 0 Å². The lowest BCUT2D eigenvalue weighted by Crippen LogP contribution is -2.44. The van der Waals surface area contributed by atoms with E-state index < -0.39 is 0 Å². The molecule has 0 saturated heterocycles. The van der Waals surface area contributed by atoms with Gasteiger partial charge in [0.2, 0.25) is 0 Å². The Morgan fingerprint density at radius 3 is 2.42 bits per heavy atom. The Hall–Kier alpha value is -2.05. The lowest BCUT2D eigenvalue weighted by Gasteiger charge is -2.37. The summed E-state index contributed by atoms with van der Waals surface area (Å²) in [4.78, 5) is 23.6. The average Bonchev–Trinajstić information content (AvgIpc) is 2.68. The van der Waals surface area contributed by atoms with Gasteiger partial charge in [0, 0.05) is 32.2 Å². The third kappa shape index (κ3) is 6.71. The van der Waals surface area contributed by atoms with Crippen molar-refractivity contribution < 1.29 is 9.53 Å². The molecular weight excluding hydrogens is 390 g/mol. The van der Waals surface area contributed by atoms with Gasteiger partial charge >= 0.3 is 6.09 Å². The molecule has 2 saturated carbocycles. The first-order valence-electron chi connectivity index (χ1n) is 12.0. The van der Waals surface area contributed by atoms with Gasteiger partial charge in [-0.15, -0.1) is 0 Å². The molecule has 0 spiro atoms. The van der Waals surface area contributed by atoms with Crippen LogP contribution in [0.5, 0.6) is 0 Å². The fourth-order valence-corrected chi connectivity index (χ4v) is 5.03. The number of rotatable bonds is 6. The first-order valence-corrected chi connectivity index (χ1v) is 12.0. The number of alkyl carbamates (subject to hydrolysis) is 1. The van der Waals surface area contributed by atoms with Crippen molar-refractivity contribution in [1.29, 1.82) is 0 Å². The molecule has 0 aromatic carbocycles. The van der Waals surface area contributed by atoms with Gasteiger partial charge in [-0.05, 0) is 63.2 Å². The third-order valence-electron chi connectivity index (χ3n) is 6.90. The van der Waals surface area contributed by atoms with E-state index in [1.807, 2.05) is 32.0 Å². The van der Waals surface area contributed by atoms with Gasteiger partial charge < -0.3 is 20.3 Å². The summed E-state index contributed by atoms with van der Waals surface area (Å²) in [6, 6.07) is 2.54. The van der Waals surface area contributed by atoms with Crippen LogP contribution < -0.4 is 15.5 Å².